The average Bonchev–Trinajstić information content (AvgIpc) is 3.06. The van der Waals surface area contributed by atoms with Gasteiger partial charge in [0.15, 0.2) is 4.96 Å². The molecule has 0 unspecified atom stereocenters. The van der Waals surface area contributed by atoms with Crippen molar-refractivity contribution in [2.75, 3.05) is 7.11 Å². The van der Waals surface area contributed by atoms with Gasteiger partial charge in [-0.3, -0.25) is 4.79 Å². The van der Waals surface area contributed by atoms with Gasteiger partial charge in [0.1, 0.15) is 5.75 Å². The summed E-state index contributed by atoms with van der Waals surface area (Å²) in [4.78, 5) is 18.3. The summed E-state index contributed by atoms with van der Waals surface area (Å²) in [6.07, 6.45) is 1.89. The van der Waals surface area contributed by atoms with Crippen LogP contribution in [0.1, 0.15) is 16.7 Å². The van der Waals surface area contributed by atoms with Crippen molar-refractivity contribution in [3.8, 4) is 5.75 Å². The molecule has 4 nitrogen and oxygen atoms in total. The second kappa shape index (κ2) is 5.97. The van der Waals surface area contributed by atoms with E-state index in [1.807, 2.05) is 44.2 Å². The molecule has 25 heavy (non-hydrogen) atoms. The zero-order chi connectivity index (χ0) is 17.7. The van der Waals surface area contributed by atoms with Gasteiger partial charge in [-0.25, -0.2) is 9.38 Å². The van der Waals surface area contributed by atoms with Crippen molar-refractivity contribution in [1.82, 2.24) is 9.38 Å². The second-order valence-corrected chi connectivity index (χ2v) is 7.85. The van der Waals surface area contributed by atoms with E-state index in [0.29, 0.717) is 4.53 Å². The Kier molecular flexibility index (Phi) is 3.89. The van der Waals surface area contributed by atoms with E-state index in [4.69, 9.17) is 4.74 Å². The molecule has 0 aliphatic rings. The molecule has 0 amide bonds. The molecule has 126 valence electrons. The first-order chi connectivity index (χ1) is 12.0. The fourth-order valence-electron chi connectivity index (χ4n) is 3.03. The van der Waals surface area contributed by atoms with Gasteiger partial charge in [0.05, 0.1) is 27.1 Å². The summed E-state index contributed by atoms with van der Waals surface area (Å²) in [5, 5.41) is 0. The minimum atomic E-state index is -0.0283. The number of thiazole rings is 1. The highest BCUT2D eigenvalue weighted by molar-refractivity contribution is 9.10. The van der Waals surface area contributed by atoms with Crippen LogP contribution >= 0.6 is 27.3 Å². The quantitative estimate of drug-likeness (QED) is 0.500. The van der Waals surface area contributed by atoms with Crippen molar-refractivity contribution < 1.29 is 4.74 Å². The lowest BCUT2D eigenvalue weighted by atomic mass is 10.1. The SMILES string of the molecule is COc1ccc(/C=c2/sc3nc4c(C)cc(C)cc4n3c2=O)cc1Br. The average molecular weight is 415 g/mol. The zero-order valence-electron chi connectivity index (χ0n) is 14.0. The molecule has 6 heteroatoms. The Hall–Kier alpha value is -2.18. The summed E-state index contributed by atoms with van der Waals surface area (Å²) >= 11 is 4.89. The third kappa shape index (κ3) is 2.65. The third-order valence-corrected chi connectivity index (χ3v) is 5.74. The maximum atomic E-state index is 12.9. The zero-order valence-corrected chi connectivity index (χ0v) is 16.4. The number of fused-ring (bicyclic) bond motifs is 3. The van der Waals surface area contributed by atoms with Gasteiger partial charge in [-0.15, -0.1) is 0 Å². The molecular weight excluding hydrogens is 400 g/mol. The first kappa shape index (κ1) is 16.3. The number of rotatable bonds is 2. The molecule has 0 saturated carbocycles. The Morgan fingerprint density at radius 2 is 2.04 bits per heavy atom. The van der Waals surface area contributed by atoms with E-state index in [1.54, 1.807) is 11.5 Å². The predicted octanol–water partition coefficient (Wildman–Crippen LogP) is 3.84. The van der Waals surface area contributed by atoms with Crippen LogP contribution in [0.3, 0.4) is 0 Å². The van der Waals surface area contributed by atoms with Crippen LogP contribution in [0.4, 0.5) is 0 Å². The third-order valence-electron chi connectivity index (χ3n) is 4.15. The molecule has 0 saturated heterocycles. The van der Waals surface area contributed by atoms with Gasteiger partial charge in [0.2, 0.25) is 0 Å². The Morgan fingerprint density at radius 3 is 2.76 bits per heavy atom. The van der Waals surface area contributed by atoms with Gasteiger partial charge in [-0.2, -0.15) is 0 Å². The fourth-order valence-corrected chi connectivity index (χ4v) is 4.57. The lowest BCUT2D eigenvalue weighted by Crippen LogP contribution is -2.22. The van der Waals surface area contributed by atoms with E-state index < -0.39 is 0 Å². The highest BCUT2D eigenvalue weighted by atomic mass is 79.9. The number of methoxy groups -OCH3 is 1. The van der Waals surface area contributed by atoms with E-state index >= 15 is 0 Å². The van der Waals surface area contributed by atoms with Gasteiger partial charge in [-0.1, -0.05) is 23.5 Å². The van der Waals surface area contributed by atoms with Gasteiger partial charge >= 0.3 is 0 Å². The number of hydrogen-bond acceptors (Lipinski definition) is 4. The lowest BCUT2D eigenvalue weighted by molar-refractivity contribution is 0.412. The molecular formula is C19H15BrN2O2S. The van der Waals surface area contributed by atoms with Crippen LogP contribution in [0.25, 0.3) is 22.1 Å². The van der Waals surface area contributed by atoms with Crippen LogP contribution in [-0.2, 0) is 0 Å². The number of hydrogen-bond donors (Lipinski definition) is 0. The van der Waals surface area contributed by atoms with Crippen molar-refractivity contribution in [3.05, 3.63) is 66.4 Å². The van der Waals surface area contributed by atoms with Crippen molar-refractivity contribution >= 4 is 49.3 Å². The van der Waals surface area contributed by atoms with Crippen molar-refractivity contribution in [1.29, 1.82) is 0 Å². The second-order valence-electron chi connectivity index (χ2n) is 5.99. The Morgan fingerprint density at radius 1 is 1.24 bits per heavy atom. The topological polar surface area (TPSA) is 43.6 Å². The van der Waals surface area contributed by atoms with Crippen molar-refractivity contribution in [3.63, 3.8) is 0 Å². The van der Waals surface area contributed by atoms with Gasteiger partial charge in [0, 0.05) is 0 Å². The molecule has 0 aliphatic carbocycles. The molecule has 0 radical (unpaired) electrons. The van der Waals surface area contributed by atoms with Gasteiger partial charge in [-0.05, 0) is 70.7 Å². The molecule has 4 rings (SSSR count). The van der Waals surface area contributed by atoms with E-state index in [0.717, 1.165) is 42.9 Å². The Balaban J connectivity index is 1.96. The Labute approximate surface area is 156 Å². The van der Waals surface area contributed by atoms with E-state index in [9.17, 15) is 4.79 Å². The molecule has 0 bridgehead atoms. The van der Waals surface area contributed by atoms with Crippen LogP contribution in [0.15, 0.2) is 39.6 Å². The van der Waals surface area contributed by atoms with E-state index in [1.165, 1.54) is 11.3 Å². The standard InChI is InChI=1S/C19H15BrN2O2S/c1-10-6-11(2)17-14(7-10)22-18(23)16(25-19(22)21-17)9-12-4-5-15(24-3)13(20)8-12/h4-9H,1-3H3/b16-9+. The van der Waals surface area contributed by atoms with Crippen LogP contribution in [0, 0.1) is 13.8 Å². The maximum absolute atomic E-state index is 12.9. The highest BCUT2D eigenvalue weighted by Gasteiger charge is 2.13. The van der Waals surface area contributed by atoms with Crippen molar-refractivity contribution in [2.45, 2.75) is 13.8 Å². The number of benzene rings is 2. The van der Waals surface area contributed by atoms with Crippen LogP contribution in [-0.4, -0.2) is 16.5 Å². The molecule has 0 fully saturated rings. The first-order valence-corrected chi connectivity index (χ1v) is 9.36. The maximum Gasteiger partial charge on any atom is 0.274 e. The number of halogens is 1. The fraction of sp³-hybridized carbons (Fsp3) is 0.158. The van der Waals surface area contributed by atoms with Crippen LogP contribution in [0.2, 0.25) is 0 Å². The largest absolute Gasteiger partial charge is 0.496 e. The number of nitrogens with zero attached hydrogens (tertiary/aromatic N) is 2. The molecule has 2 heterocycles. The summed E-state index contributed by atoms with van der Waals surface area (Å²) in [6, 6.07) is 9.85. The van der Waals surface area contributed by atoms with Crippen molar-refractivity contribution in [2.24, 2.45) is 0 Å². The first-order valence-electron chi connectivity index (χ1n) is 7.75. The van der Waals surface area contributed by atoms with Crippen LogP contribution in [0.5, 0.6) is 5.75 Å². The highest BCUT2D eigenvalue weighted by Crippen LogP contribution is 2.26. The monoisotopic (exact) mass is 414 g/mol. The van der Waals surface area contributed by atoms with E-state index in [2.05, 4.69) is 27.0 Å². The number of aromatic nitrogens is 2. The van der Waals surface area contributed by atoms with Gasteiger partial charge < -0.3 is 4.74 Å². The summed E-state index contributed by atoms with van der Waals surface area (Å²) in [5.74, 6) is 0.762. The molecule has 0 atom stereocenters. The number of aryl methyl sites for hydroxylation is 2. The molecule has 4 aromatic rings. The minimum absolute atomic E-state index is 0.0283. The molecule has 2 aromatic carbocycles. The minimum Gasteiger partial charge on any atom is -0.496 e. The van der Waals surface area contributed by atoms with Gasteiger partial charge in [0.25, 0.3) is 5.56 Å². The van der Waals surface area contributed by atoms with E-state index in [-0.39, 0.29) is 5.56 Å². The smallest absolute Gasteiger partial charge is 0.274 e. The summed E-state index contributed by atoms with van der Waals surface area (Å²) in [6.45, 7) is 4.06. The van der Waals surface area contributed by atoms with Crippen LogP contribution < -0.4 is 14.8 Å². The normalized spacial score (nSPS) is 12.4. The number of ether oxygens (including phenoxy) is 1. The number of imidazole rings is 1. The predicted molar refractivity (Wildman–Crippen MR) is 106 cm³/mol. The summed E-state index contributed by atoms with van der Waals surface area (Å²) in [7, 11) is 1.63. The molecule has 0 aliphatic heterocycles. The Bertz CT molecular complexity index is 1240. The summed E-state index contributed by atoms with van der Waals surface area (Å²) < 4.78 is 8.48. The molecule has 0 spiro atoms. The molecule has 0 N–H and O–H groups in total. The lowest BCUT2D eigenvalue weighted by Gasteiger charge is -2.02. The molecule has 2 aromatic heterocycles. The summed E-state index contributed by atoms with van der Waals surface area (Å²) in [5.41, 5.74) is 4.90.